The molecule has 0 fully saturated rings. The number of amides is 1. The highest BCUT2D eigenvalue weighted by molar-refractivity contribution is 6.37. The second kappa shape index (κ2) is 10.2. The Kier molecular flexibility index (Phi) is 7.65. The average Bonchev–Trinajstić information content (AvgIpc) is 2.72. The van der Waals surface area contributed by atoms with Crippen molar-refractivity contribution in [2.75, 3.05) is 12.4 Å². The largest absolute Gasteiger partial charge is 0.496 e. The minimum Gasteiger partial charge on any atom is -0.496 e. The molecule has 0 spiro atoms. The Morgan fingerprint density at radius 3 is 2.42 bits per heavy atom. The molecule has 0 saturated heterocycles. The molecule has 1 amide bonds. The highest BCUT2D eigenvalue weighted by Crippen LogP contribution is 2.40. The minimum absolute atomic E-state index is 0.0734. The topological polar surface area (TPSA) is 60.5 Å². The summed E-state index contributed by atoms with van der Waals surface area (Å²) in [5, 5.41) is 3.59. The summed E-state index contributed by atoms with van der Waals surface area (Å²) >= 11 is 18.8. The molecule has 5 nitrogen and oxygen atoms in total. The van der Waals surface area contributed by atoms with E-state index in [0.29, 0.717) is 22.7 Å². The lowest BCUT2D eigenvalue weighted by Gasteiger charge is -2.16. The number of hydrogen-bond acceptors (Lipinski definition) is 4. The molecular weight excluding hydrogens is 459 g/mol. The van der Waals surface area contributed by atoms with Crippen molar-refractivity contribution in [3.63, 3.8) is 0 Å². The number of benzene rings is 2. The van der Waals surface area contributed by atoms with Crippen LogP contribution < -0.4 is 14.8 Å². The summed E-state index contributed by atoms with van der Waals surface area (Å²) < 4.78 is 11.3. The fourth-order valence-corrected chi connectivity index (χ4v) is 3.75. The normalized spacial score (nSPS) is 10.8. The van der Waals surface area contributed by atoms with Gasteiger partial charge in [-0.1, -0.05) is 54.7 Å². The number of nitrogens with zero attached hydrogens (tertiary/aromatic N) is 1. The van der Waals surface area contributed by atoms with E-state index in [-0.39, 0.29) is 33.4 Å². The molecule has 1 N–H and O–H groups in total. The van der Waals surface area contributed by atoms with E-state index in [0.717, 1.165) is 11.3 Å². The second-order valence-corrected chi connectivity index (χ2v) is 8.28. The van der Waals surface area contributed by atoms with Crippen molar-refractivity contribution >= 4 is 46.4 Å². The summed E-state index contributed by atoms with van der Waals surface area (Å²) in [5.41, 5.74) is 2.08. The minimum atomic E-state index is -0.271. The molecule has 0 bridgehead atoms. The maximum Gasteiger partial charge on any atom is 0.228 e. The highest BCUT2D eigenvalue weighted by atomic mass is 35.5. The summed E-state index contributed by atoms with van der Waals surface area (Å²) in [6.07, 6.45) is 1.64. The molecule has 0 aliphatic heterocycles. The molecule has 3 rings (SSSR count). The van der Waals surface area contributed by atoms with Crippen LogP contribution in [0.15, 0.2) is 48.7 Å². The number of methoxy groups -OCH3 is 1. The number of pyridine rings is 1. The summed E-state index contributed by atoms with van der Waals surface area (Å²) in [6.45, 7) is 4.13. The number of carbonyl (C=O) groups excluding carboxylic acids is 1. The first kappa shape index (κ1) is 23.2. The molecular formula is C23H21Cl3N2O3. The Hall–Kier alpha value is -2.47. The number of halogens is 3. The predicted octanol–water partition coefficient (Wildman–Crippen LogP) is 7.15. The fraction of sp³-hybridized carbons (Fsp3) is 0.217. The lowest BCUT2D eigenvalue weighted by Crippen LogP contribution is -2.15. The lowest BCUT2D eigenvalue weighted by atomic mass is 10.0. The van der Waals surface area contributed by atoms with Gasteiger partial charge in [-0.15, -0.1) is 0 Å². The highest BCUT2D eigenvalue weighted by Gasteiger charge is 2.15. The van der Waals surface area contributed by atoms with E-state index in [2.05, 4.69) is 24.1 Å². The van der Waals surface area contributed by atoms with Crippen molar-refractivity contribution in [2.24, 2.45) is 0 Å². The van der Waals surface area contributed by atoms with Gasteiger partial charge < -0.3 is 14.8 Å². The van der Waals surface area contributed by atoms with Gasteiger partial charge in [0.25, 0.3) is 0 Å². The number of ether oxygens (including phenoxy) is 2. The Balaban J connectivity index is 1.77. The second-order valence-electron chi connectivity index (χ2n) is 7.11. The summed E-state index contributed by atoms with van der Waals surface area (Å²) in [4.78, 5) is 16.3. The fourth-order valence-electron chi connectivity index (χ4n) is 3.00. The van der Waals surface area contributed by atoms with Crippen LogP contribution in [0.1, 0.15) is 30.9 Å². The van der Waals surface area contributed by atoms with E-state index in [4.69, 9.17) is 44.3 Å². The van der Waals surface area contributed by atoms with Crippen LogP contribution in [-0.4, -0.2) is 18.0 Å². The van der Waals surface area contributed by atoms with Crippen LogP contribution in [0, 0.1) is 0 Å². The Labute approximate surface area is 196 Å². The van der Waals surface area contributed by atoms with Crippen LogP contribution >= 0.6 is 34.8 Å². The summed E-state index contributed by atoms with van der Waals surface area (Å²) in [7, 11) is 1.63. The van der Waals surface area contributed by atoms with E-state index in [9.17, 15) is 4.79 Å². The number of aromatic nitrogens is 1. The first-order valence-electron chi connectivity index (χ1n) is 9.52. The molecule has 0 saturated carbocycles. The zero-order chi connectivity index (χ0) is 22.5. The van der Waals surface area contributed by atoms with E-state index >= 15 is 0 Å². The van der Waals surface area contributed by atoms with Crippen LogP contribution in [0.2, 0.25) is 15.2 Å². The van der Waals surface area contributed by atoms with E-state index in [1.54, 1.807) is 43.6 Å². The maximum atomic E-state index is 12.4. The molecule has 31 heavy (non-hydrogen) atoms. The molecule has 2 aromatic carbocycles. The standard InChI is InChI=1S/C23H21Cl3N2O3/c1-13(2)17-12-16(6-7-20(17)30-3)31-22-18(24)10-15(11-19(22)25)28-21(29)9-14-5-4-8-27-23(14)26/h4-8,10-13H,9H2,1-3H3,(H,28,29). The van der Waals surface area contributed by atoms with Crippen LogP contribution in [0.4, 0.5) is 5.69 Å². The smallest absolute Gasteiger partial charge is 0.228 e. The van der Waals surface area contributed by atoms with Gasteiger partial charge in [-0.3, -0.25) is 4.79 Å². The van der Waals surface area contributed by atoms with E-state index < -0.39 is 0 Å². The molecule has 8 heteroatoms. The van der Waals surface area contributed by atoms with Crippen LogP contribution in [0.5, 0.6) is 17.2 Å². The van der Waals surface area contributed by atoms with Crippen LogP contribution in [0.3, 0.4) is 0 Å². The summed E-state index contributed by atoms with van der Waals surface area (Å²) in [6, 6.07) is 12.1. The van der Waals surface area contributed by atoms with Gasteiger partial charge in [0, 0.05) is 17.4 Å². The van der Waals surface area contributed by atoms with Gasteiger partial charge in [-0.25, -0.2) is 4.98 Å². The molecule has 162 valence electrons. The molecule has 1 aromatic heterocycles. The molecule has 0 atom stereocenters. The predicted molar refractivity (Wildman–Crippen MR) is 125 cm³/mol. The third kappa shape index (κ3) is 5.82. The molecule has 3 aromatic rings. The Morgan fingerprint density at radius 2 is 1.81 bits per heavy atom. The van der Waals surface area contributed by atoms with Gasteiger partial charge in [-0.05, 0) is 47.9 Å². The van der Waals surface area contributed by atoms with Crippen LogP contribution in [0.25, 0.3) is 0 Å². The Morgan fingerprint density at radius 1 is 1.10 bits per heavy atom. The zero-order valence-electron chi connectivity index (χ0n) is 17.2. The van der Waals surface area contributed by atoms with Crippen molar-refractivity contribution in [1.82, 2.24) is 4.98 Å². The van der Waals surface area contributed by atoms with Crippen molar-refractivity contribution < 1.29 is 14.3 Å². The first-order valence-corrected chi connectivity index (χ1v) is 10.7. The number of hydrogen-bond donors (Lipinski definition) is 1. The van der Waals surface area contributed by atoms with Crippen molar-refractivity contribution in [2.45, 2.75) is 26.2 Å². The molecule has 0 aliphatic rings. The van der Waals surface area contributed by atoms with Gasteiger partial charge in [-0.2, -0.15) is 0 Å². The molecule has 1 heterocycles. The van der Waals surface area contributed by atoms with Crippen molar-refractivity contribution in [1.29, 1.82) is 0 Å². The molecule has 0 radical (unpaired) electrons. The third-order valence-corrected chi connectivity index (χ3v) is 5.41. The number of carbonyl (C=O) groups is 1. The summed E-state index contributed by atoms with van der Waals surface area (Å²) in [5.74, 6) is 1.64. The van der Waals surface area contributed by atoms with E-state index in [1.807, 2.05) is 12.1 Å². The molecule has 0 aliphatic carbocycles. The zero-order valence-corrected chi connectivity index (χ0v) is 19.5. The monoisotopic (exact) mass is 478 g/mol. The van der Waals surface area contributed by atoms with E-state index in [1.165, 1.54) is 0 Å². The average molecular weight is 480 g/mol. The SMILES string of the molecule is COc1ccc(Oc2c(Cl)cc(NC(=O)Cc3cccnc3Cl)cc2Cl)cc1C(C)C. The number of rotatable bonds is 7. The lowest BCUT2D eigenvalue weighted by molar-refractivity contribution is -0.115. The molecule has 0 unspecified atom stereocenters. The maximum absolute atomic E-state index is 12.4. The van der Waals surface area contributed by atoms with Crippen molar-refractivity contribution in [3.05, 3.63) is 75.0 Å². The van der Waals surface area contributed by atoms with Gasteiger partial charge in [0.15, 0.2) is 5.75 Å². The third-order valence-electron chi connectivity index (χ3n) is 4.51. The number of anilines is 1. The first-order chi connectivity index (χ1) is 14.8. The van der Waals surface area contributed by atoms with Gasteiger partial charge in [0.1, 0.15) is 16.7 Å². The number of nitrogens with one attached hydrogen (secondary N) is 1. The van der Waals surface area contributed by atoms with Crippen LogP contribution in [-0.2, 0) is 11.2 Å². The van der Waals surface area contributed by atoms with Gasteiger partial charge >= 0.3 is 0 Å². The quantitative estimate of drug-likeness (QED) is 0.366. The van der Waals surface area contributed by atoms with Crippen molar-refractivity contribution in [3.8, 4) is 17.2 Å². The van der Waals surface area contributed by atoms with Gasteiger partial charge in [0.2, 0.25) is 5.91 Å². The Bertz CT molecular complexity index is 1080. The van der Waals surface area contributed by atoms with Gasteiger partial charge in [0.05, 0.1) is 23.6 Å².